The maximum atomic E-state index is 9.55. The number of rotatable bonds is 5. The molecular weight excluding hydrogens is 326 g/mol. The van der Waals surface area contributed by atoms with Gasteiger partial charge in [0.05, 0.1) is 29.4 Å². The number of benzene rings is 1. The van der Waals surface area contributed by atoms with Crippen LogP contribution in [0.1, 0.15) is 41.6 Å². The molecule has 2 aromatic heterocycles. The third-order valence-corrected chi connectivity index (χ3v) is 4.72. The fourth-order valence-corrected chi connectivity index (χ4v) is 3.53. The van der Waals surface area contributed by atoms with Crippen LogP contribution >= 0.6 is 0 Å². The average Bonchev–Trinajstić information content (AvgIpc) is 2.88. The SMILES string of the molecule is CCC(CO)Nc1nc(C)nc2c1c(C)nn2-c1c(C)cc(C)cc1C. The summed E-state index contributed by atoms with van der Waals surface area (Å²) in [5.74, 6) is 1.41. The van der Waals surface area contributed by atoms with E-state index in [4.69, 9.17) is 5.10 Å². The summed E-state index contributed by atoms with van der Waals surface area (Å²) in [5.41, 5.74) is 6.29. The van der Waals surface area contributed by atoms with Gasteiger partial charge in [0, 0.05) is 0 Å². The smallest absolute Gasteiger partial charge is 0.168 e. The second-order valence-corrected chi connectivity index (χ2v) is 6.99. The van der Waals surface area contributed by atoms with Crippen molar-refractivity contribution >= 4 is 16.9 Å². The van der Waals surface area contributed by atoms with Crippen LogP contribution in [0.4, 0.5) is 5.82 Å². The van der Waals surface area contributed by atoms with Gasteiger partial charge in [0.25, 0.3) is 0 Å². The van der Waals surface area contributed by atoms with Gasteiger partial charge in [0.15, 0.2) is 5.65 Å². The summed E-state index contributed by atoms with van der Waals surface area (Å²) >= 11 is 0. The van der Waals surface area contributed by atoms with Crippen LogP contribution in [0, 0.1) is 34.6 Å². The second-order valence-electron chi connectivity index (χ2n) is 6.99. The highest BCUT2D eigenvalue weighted by atomic mass is 16.3. The molecule has 1 aromatic carbocycles. The number of aryl methyl sites for hydroxylation is 5. The Morgan fingerprint density at radius 3 is 2.31 bits per heavy atom. The highest BCUT2D eigenvalue weighted by Crippen LogP contribution is 2.29. The Hall–Kier alpha value is -2.47. The number of aromatic nitrogens is 4. The third-order valence-electron chi connectivity index (χ3n) is 4.72. The molecule has 0 spiro atoms. The van der Waals surface area contributed by atoms with Crippen LogP contribution < -0.4 is 5.32 Å². The lowest BCUT2D eigenvalue weighted by molar-refractivity contribution is 0.271. The molecule has 0 amide bonds. The molecule has 0 fully saturated rings. The summed E-state index contributed by atoms with van der Waals surface area (Å²) in [4.78, 5) is 9.26. The van der Waals surface area contributed by atoms with Crippen molar-refractivity contribution in [2.75, 3.05) is 11.9 Å². The monoisotopic (exact) mass is 353 g/mol. The van der Waals surface area contributed by atoms with Crippen LogP contribution in [0.25, 0.3) is 16.7 Å². The van der Waals surface area contributed by atoms with Gasteiger partial charge in [-0.2, -0.15) is 5.10 Å². The molecule has 0 aliphatic heterocycles. The molecule has 0 saturated carbocycles. The Bertz CT molecular complexity index is 933. The summed E-state index contributed by atoms with van der Waals surface area (Å²) in [6, 6.07) is 4.28. The number of anilines is 1. The van der Waals surface area contributed by atoms with Crippen molar-refractivity contribution in [3.63, 3.8) is 0 Å². The third kappa shape index (κ3) is 3.17. The first-order valence-corrected chi connectivity index (χ1v) is 9.05. The predicted molar refractivity (Wildman–Crippen MR) is 105 cm³/mol. The van der Waals surface area contributed by atoms with Gasteiger partial charge in [-0.3, -0.25) is 0 Å². The minimum absolute atomic E-state index is 0.0434. The van der Waals surface area contributed by atoms with Crippen LogP contribution in [0.15, 0.2) is 12.1 Å². The molecule has 3 aromatic rings. The lowest BCUT2D eigenvalue weighted by atomic mass is 10.1. The van der Waals surface area contributed by atoms with Crippen molar-refractivity contribution in [3.05, 3.63) is 40.3 Å². The van der Waals surface area contributed by atoms with E-state index in [0.717, 1.165) is 34.7 Å². The van der Waals surface area contributed by atoms with E-state index in [0.29, 0.717) is 5.82 Å². The molecule has 1 unspecified atom stereocenters. The number of hydrogen-bond donors (Lipinski definition) is 2. The first-order chi connectivity index (χ1) is 12.3. The first kappa shape index (κ1) is 18.3. The lowest BCUT2D eigenvalue weighted by Crippen LogP contribution is -2.23. The van der Waals surface area contributed by atoms with Gasteiger partial charge in [-0.25, -0.2) is 14.6 Å². The molecule has 0 saturated heterocycles. The number of fused-ring (bicyclic) bond motifs is 1. The van der Waals surface area contributed by atoms with Crippen LogP contribution in [0.3, 0.4) is 0 Å². The summed E-state index contributed by atoms with van der Waals surface area (Å²) in [7, 11) is 0. The average molecular weight is 353 g/mol. The molecule has 138 valence electrons. The van der Waals surface area contributed by atoms with E-state index in [1.54, 1.807) is 0 Å². The van der Waals surface area contributed by atoms with E-state index in [-0.39, 0.29) is 12.6 Å². The van der Waals surface area contributed by atoms with Gasteiger partial charge in [0.2, 0.25) is 0 Å². The van der Waals surface area contributed by atoms with Gasteiger partial charge in [-0.05, 0) is 52.2 Å². The molecule has 3 rings (SSSR count). The maximum Gasteiger partial charge on any atom is 0.168 e. The van der Waals surface area contributed by atoms with Crippen molar-refractivity contribution in [2.45, 2.75) is 54.0 Å². The van der Waals surface area contributed by atoms with Crippen molar-refractivity contribution in [3.8, 4) is 5.69 Å². The zero-order chi connectivity index (χ0) is 19.0. The fraction of sp³-hybridized carbons (Fsp3) is 0.450. The molecule has 0 bridgehead atoms. The molecule has 26 heavy (non-hydrogen) atoms. The normalized spacial score (nSPS) is 12.6. The highest BCUT2D eigenvalue weighted by molar-refractivity contribution is 5.90. The quantitative estimate of drug-likeness (QED) is 0.734. The molecule has 2 heterocycles. The maximum absolute atomic E-state index is 9.55. The number of hydrogen-bond acceptors (Lipinski definition) is 5. The molecule has 6 heteroatoms. The van der Waals surface area contributed by atoms with Crippen LogP contribution in [-0.4, -0.2) is 37.5 Å². The zero-order valence-electron chi connectivity index (χ0n) is 16.4. The summed E-state index contributed by atoms with van der Waals surface area (Å²) in [6.45, 7) is 12.3. The second kappa shape index (κ2) is 7.03. The molecule has 1 atom stereocenters. The van der Waals surface area contributed by atoms with Gasteiger partial charge in [-0.1, -0.05) is 24.6 Å². The molecule has 0 aliphatic carbocycles. The molecule has 6 nitrogen and oxygen atoms in total. The standard InChI is InChI=1S/C20H27N5O/c1-7-16(10-26)23-19-17-14(5)24-25(20(17)22-15(6)21-19)18-12(3)8-11(2)9-13(18)4/h8-9,16,26H,7,10H2,1-6H3,(H,21,22,23). The van der Waals surface area contributed by atoms with Gasteiger partial charge < -0.3 is 10.4 Å². The van der Waals surface area contributed by atoms with Crippen LogP contribution in [-0.2, 0) is 0 Å². The van der Waals surface area contributed by atoms with Gasteiger partial charge >= 0.3 is 0 Å². The lowest BCUT2D eigenvalue weighted by Gasteiger charge is -2.16. The number of aliphatic hydroxyl groups is 1. The van der Waals surface area contributed by atoms with Crippen molar-refractivity contribution < 1.29 is 5.11 Å². The van der Waals surface area contributed by atoms with Crippen molar-refractivity contribution in [1.29, 1.82) is 0 Å². The van der Waals surface area contributed by atoms with E-state index in [1.807, 2.05) is 25.5 Å². The minimum atomic E-state index is -0.0434. The predicted octanol–water partition coefficient (Wildman–Crippen LogP) is 3.54. The minimum Gasteiger partial charge on any atom is -0.394 e. The van der Waals surface area contributed by atoms with E-state index in [9.17, 15) is 5.11 Å². The van der Waals surface area contributed by atoms with Crippen LogP contribution in [0.5, 0.6) is 0 Å². The Kier molecular flexibility index (Phi) is 4.96. The summed E-state index contributed by atoms with van der Waals surface area (Å²) in [5, 5.41) is 18.6. The van der Waals surface area contributed by atoms with E-state index in [1.165, 1.54) is 16.7 Å². The van der Waals surface area contributed by atoms with Crippen molar-refractivity contribution in [1.82, 2.24) is 19.7 Å². The first-order valence-electron chi connectivity index (χ1n) is 9.05. The molecular formula is C20H27N5O. The molecule has 2 N–H and O–H groups in total. The fourth-order valence-electron chi connectivity index (χ4n) is 3.53. The topological polar surface area (TPSA) is 75.9 Å². The highest BCUT2D eigenvalue weighted by Gasteiger charge is 2.20. The Morgan fingerprint density at radius 1 is 1.08 bits per heavy atom. The van der Waals surface area contributed by atoms with Crippen LogP contribution in [0.2, 0.25) is 0 Å². The van der Waals surface area contributed by atoms with Crippen molar-refractivity contribution in [2.24, 2.45) is 0 Å². The Balaban J connectivity index is 2.26. The van der Waals surface area contributed by atoms with E-state index in [2.05, 4.69) is 48.2 Å². The Morgan fingerprint density at radius 2 is 1.73 bits per heavy atom. The van der Waals surface area contributed by atoms with Gasteiger partial charge in [0.1, 0.15) is 11.6 Å². The number of nitrogens with one attached hydrogen (secondary N) is 1. The molecule has 0 aliphatic rings. The number of aliphatic hydroxyl groups excluding tert-OH is 1. The molecule has 0 radical (unpaired) electrons. The Labute approximate surface area is 154 Å². The largest absolute Gasteiger partial charge is 0.394 e. The number of nitrogens with zero attached hydrogens (tertiary/aromatic N) is 4. The van der Waals surface area contributed by atoms with E-state index < -0.39 is 0 Å². The zero-order valence-corrected chi connectivity index (χ0v) is 16.4. The van der Waals surface area contributed by atoms with E-state index >= 15 is 0 Å². The van der Waals surface area contributed by atoms with Gasteiger partial charge in [-0.15, -0.1) is 0 Å². The summed E-state index contributed by atoms with van der Waals surface area (Å²) in [6.07, 6.45) is 0.810. The summed E-state index contributed by atoms with van der Waals surface area (Å²) < 4.78 is 1.93.